The Bertz CT molecular complexity index is 762. The maximum atomic E-state index is 12.6. The molecular weight excluding hydrogens is 332 g/mol. The largest absolute Gasteiger partial charge is 0.308 e. The first-order chi connectivity index (χ1) is 12.1. The number of thiophene rings is 1. The van der Waals surface area contributed by atoms with Crippen molar-refractivity contribution in [3.05, 3.63) is 46.4 Å². The van der Waals surface area contributed by atoms with Crippen LogP contribution in [0.5, 0.6) is 0 Å². The number of likely N-dealkylation sites (tertiary alicyclic amines) is 1. The second-order valence-corrected chi connectivity index (χ2v) is 8.62. The van der Waals surface area contributed by atoms with Gasteiger partial charge in [0.05, 0.1) is 24.0 Å². The van der Waals surface area contributed by atoms with E-state index in [0.29, 0.717) is 6.54 Å². The summed E-state index contributed by atoms with van der Waals surface area (Å²) in [6, 6.07) is 8.31. The molecule has 2 aromatic rings. The van der Waals surface area contributed by atoms with Crippen molar-refractivity contribution < 1.29 is 4.79 Å². The van der Waals surface area contributed by atoms with Crippen molar-refractivity contribution in [3.63, 3.8) is 0 Å². The van der Waals surface area contributed by atoms with Gasteiger partial charge in [-0.2, -0.15) is 0 Å². The molecule has 0 aromatic carbocycles. The molecule has 2 fully saturated rings. The van der Waals surface area contributed by atoms with Crippen LogP contribution in [0.1, 0.15) is 16.2 Å². The maximum Gasteiger partial charge on any atom is 0.241 e. The van der Waals surface area contributed by atoms with Crippen LogP contribution in [-0.4, -0.2) is 59.5 Å². The topological polar surface area (TPSA) is 39.7 Å². The summed E-state index contributed by atoms with van der Waals surface area (Å²) in [5.74, 6) is 0.161. The molecule has 2 aromatic heterocycles. The van der Waals surface area contributed by atoms with Crippen LogP contribution in [0.25, 0.3) is 0 Å². The summed E-state index contributed by atoms with van der Waals surface area (Å²) in [6.07, 6.45) is 4.64. The van der Waals surface area contributed by atoms with E-state index in [0.717, 1.165) is 38.3 Å². The summed E-state index contributed by atoms with van der Waals surface area (Å²) in [5.41, 5.74) is 0.947. The van der Waals surface area contributed by atoms with Crippen LogP contribution < -0.4 is 4.90 Å². The Balaban J connectivity index is 1.51. The smallest absolute Gasteiger partial charge is 0.241 e. The molecule has 2 saturated heterocycles. The molecule has 0 aliphatic carbocycles. The molecule has 0 radical (unpaired) electrons. The van der Waals surface area contributed by atoms with Crippen LogP contribution in [0.4, 0.5) is 5.69 Å². The number of carbonyl (C=O) groups excluding carboxylic acids is 1. The molecule has 1 amide bonds. The van der Waals surface area contributed by atoms with E-state index in [9.17, 15) is 4.79 Å². The van der Waals surface area contributed by atoms with Crippen LogP contribution in [0, 0.1) is 6.92 Å². The third kappa shape index (κ3) is 3.21. The van der Waals surface area contributed by atoms with E-state index in [-0.39, 0.29) is 11.4 Å². The van der Waals surface area contributed by atoms with Gasteiger partial charge in [-0.05, 0) is 44.7 Å². The second-order valence-electron chi connectivity index (χ2n) is 7.24. The predicted octanol–water partition coefficient (Wildman–Crippen LogP) is 2.37. The SMILES string of the molecule is Cc1ccc(CN2CC[C@@]3(C2)CN(c2cccnc2)C(=O)CN3C)s1. The fourth-order valence-electron chi connectivity index (χ4n) is 4.01. The minimum Gasteiger partial charge on any atom is -0.308 e. The number of aromatic nitrogens is 1. The van der Waals surface area contributed by atoms with E-state index in [2.05, 4.69) is 40.9 Å². The van der Waals surface area contributed by atoms with Gasteiger partial charge < -0.3 is 4.90 Å². The summed E-state index contributed by atoms with van der Waals surface area (Å²) in [7, 11) is 2.09. The van der Waals surface area contributed by atoms with Gasteiger partial charge in [0.15, 0.2) is 0 Å². The van der Waals surface area contributed by atoms with E-state index < -0.39 is 0 Å². The third-order valence-corrected chi connectivity index (χ3v) is 6.47. The minimum absolute atomic E-state index is 0.0378. The van der Waals surface area contributed by atoms with E-state index in [1.165, 1.54) is 9.75 Å². The summed E-state index contributed by atoms with van der Waals surface area (Å²) in [4.78, 5) is 26.3. The van der Waals surface area contributed by atoms with Crippen molar-refractivity contribution in [2.24, 2.45) is 0 Å². The standard InChI is InChI=1S/C19H24N4OS/c1-15-5-6-17(25-15)11-22-9-7-19(13-22)14-23(18(24)12-21(19)2)16-4-3-8-20-10-16/h3-6,8,10H,7,9,11-14H2,1-2H3/t19-/m1/s1. The van der Waals surface area contributed by atoms with Crippen LogP contribution in [0.15, 0.2) is 36.7 Å². The molecule has 4 heterocycles. The maximum absolute atomic E-state index is 12.6. The molecule has 2 aliphatic rings. The molecule has 5 nitrogen and oxygen atoms in total. The predicted molar refractivity (Wildman–Crippen MR) is 101 cm³/mol. The highest BCUT2D eigenvalue weighted by atomic mass is 32.1. The van der Waals surface area contributed by atoms with Gasteiger partial charge in [0.25, 0.3) is 0 Å². The van der Waals surface area contributed by atoms with Crippen molar-refractivity contribution in [1.82, 2.24) is 14.8 Å². The highest BCUT2D eigenvalue weighted by Gasteiger charge is 2.47. The van der Waals surface area contributed by atoms with Crippen LogP contribution >= 0.6 is 11.3 Å². The zero-order chi connectivity index (χ0) is 17.4. The van der Waals surface area contributed by atoms with Crippen molar-refractivity contribution in [1.29, 1.82) is 0 Å². The molecule has 0 saturated carbocycles. The first-order valence-corrected chi connectivity index (χ1v) is 9.57. The Morgan fingerprint density at radius 2 is 2.16 bits per heavy atom. The van der Waals surface area contributed by atoms with Gasteiger partial charge in [0.2, 0.25) is 5.91 Å². The lowest BCUT2D eigenvalue weighted by molar-refractivity contribution is -0.123. The molecule has 25 heavy (non-hydrogen) atoms. The number of carbonyl (C=O) groups is 1. The Morgan fingerprint density at radius 1 is 1.28 bits per heavy atom. The van der Waals surface area contributed by atoms with Crippen molar-refractivity contribution in [3.8, 4) is 0 Å². The van der Waals surface area contributed by atoms with Gasteiger partial charge >= 0.3 is 0 Å². The van der Waals surface area contributed by atoms with Gasteiger partial charge in [-0.25, -0.2) is 0 Å². The Labute approximate surface area is 152 Å². The van der Waals surface area contributed by atoms with Gasteiger partial charge in [-0.1, -0.05) is 0 Å². The van der Waals surface area contributed by atoms with Crippen molar-refractivity contribution in [2.45, 2.75) is 25.4 Å². The highest BCUT2D eigenvalue weighted by molar-refractivity contribution is 7.11. The average molecular weight is 356 g/mol. The molecule has 4 rings (SSSR count). The number of hydrogen-bond acceptors (Lipinski definition) is 5. The number of piperazine rings is 1. The number of anilines is 1. The van der Waals surface area contributed by atoms with Crippen molar-refractivity contribution >= 4 is 22.9 Å². The first-order valence-electron chi connectivity index (χ1n) is 8.75. The summed E-state index contributed by atoms with van der Waals surface area (Å²) >= 11 is 1.88. The van der Waals surface area contributed by atoms with Gasteiger partial charge in [0.1, 0.15) is 0 Å². The van der Waals surface area contributed by atoms with Crippen LogP contribution in [0.2, 0.25) is 0 Å². The Hall–Kier alpha value is -1.76. The molecule has 0 bridgehead atoms. The molecule has 1 atom stereocenters. The lowest BCUT2D eigenvalue weighted by Gasteiger charge is -2.46. The lowest BCUT2D eigenvalue weighted by atomic mass is 9.92. The number of amides is 1. The fourth-order valence-corrected chi connectivity index (χ4v) is 4.95. The van der Waals surface area contributed by atoms with Crippen LogP contribution in [0.3, 0.4) is 0 Å². The summed E-state index contributed by atoms with van der Waals surface area (Å²) < 4.78 is 0. The van der Waals surface area contributed by atoms with E-state index in [1.54, 1.807) is 12.4 Å². The van der Waals surface area contributed by atoms with E-state index >= 15 is 0 Å². The minimum atomic E-state index is 0.0378. The Morgan fingerprint density at radius 3 is 2.88 bits per heavy atom. The fraction of sp³-hybridized carbons (Fsp3) is 0.474. The highest BCUT2D eigenvalue weighted by Crippen LogP contribution is 2.34. The second kappa shape index (κ2) is 6.52. The molecule has 1 spiro atoms. The van der Waals surface area contributed by atoms with Gasteiger partial charge in [-0.3, -0.25) is 19.6 Å². The van der Waals surface area contributed by atoms with Crippen molar-refractivity contribution in [2.75, 3.05) is 38.1 Å². The normalized spacial score (nSPS) is 25.2. The molecular formula is C19H24N4OS. The monoisotopic (exact) mass is 356 g/mol. The quantitative estimate of drug-likeness (QED) is 0.847. The summed E-state index contributed by atoms with van der Waals surface area (Å²) in [5, 5.41) is 0. The van der Waals surface area contributed by atoms with Gasteiger partial charge in [-0.15, -0.1) is 11.3 Å². The number of rotatable bonds is 3. The molecule has 6 heteroatoms. The average Bonchev–Trinajstić information content (AvgIpc) is 3.20. The number of hydrogen-bond donors (Lipinski definition) is 0. The Kier molecular flexibility index (Phi) is 4.35. The number of pyridine rings is 1. The van der Waals surface area contributed by atoms with E-state index in [4.69, 9.17) is 0 Å². The van der Waals surface area contributed by atoms with E-state index in [1.807, 2.05) is 28.4 Å². The number of aryl methyl sites for hydroxylation is 1. The van der Waals surface area contributed by atoms with Crippen LogP contribution in [-0.2, 0) is 11.3 Å². The third-order valence-electron chi connectivity index (χ3n) is 5.48. The summed E-state index contributed by atoms with van der Waals surface area (Å²) in [6.45, 7) is 6.47. The molecule has 2 aliphatic heterocycles. The number of nitrogens with zero attached hydrogens (tertiary/aromatic N) is 4. The van der Waals surface area contributed by atoms with Gasteiger partial charge in [0, 0.05) is 42.1 Å². The first kappa shape index (κ1) is 16.7. The molecule has 0 N–H and O–H groups in total. The molecule has 132 valence electrons. The zero-order valence-electron chi connectivity index (χ0n) is 14.8. The lowest BCUT2D eigenvalue weighted by Crippen LogP contribution is -2.64. The number of likely N-dealkylation sites (N-methyl/N-ethyl adjacent to an activating group) is 1. The zero-order valence-corrected chi connectivity index (χ0v) is 15.6. The molecule has 0 unspecified atom stereocenters.